The van der Waals surface area contributed by atoms with Gasteiger partial charge in [-0.15, -0.1) is 10.2 Å². The zero-order chi connectivity index (χ0) is 26.9. The summed E-state index contributed by atoms with van der Waals surface area (Å²) in [6.45, 7) is 3.59. The van der Waals surface area contributed by atoms with Gasteiger partial charge in [-0.1, -0.05) is 17.4 Å². The summed E-state index contributed by atoms with van der Waals surface area (Å²) in [5, 5.41) is 18.1. The van der Waals surface area contributed by atoms with E-state index in [1.165, 1.54) is 24.9 Å². The Morgan fingerprint density at radius 2 is 2.03 bits per heavy atom. The number of hydrogen-bond donors (Lipinski definition) is 1. The predicted octanol–water partition coefficient (Wildman–Crippen LogP) is 2.98. The van der Waals surface area contributed by atoms with Crippen LogP contribution in [-0.2, 0) is 10.0 Å². The Hall–Kier alpha value is -3.32. The fourth-order valence-electron chi connectivity index (χ4n) is 5.67. The number of aromatic nitrogens is 5. The number of anilines is 1. The quantitative estimate of drug-likeness (QED) is 0.371. The minimum absolute atomic E-state index is 0.0479. The van der Waals surface area contributed by atoms with Gasteiger partial charge in [0, 0.05) is 31.1 Å². The van der Waals surface area contributed by atoms with Gasteiger partial charge in [0.05, 0.1) is 21.9 Å². The molecule has 39 heavy (non-hydrogen) atoms. The van der Waals surface area contributed by atoms with E-state index in [1.54, 1.807) is 10.6 Å². The van der Waals surface area contributed by atoms with E-state index in [0.29, 0.717) is 46.6 Å². The van der Waals surface area contributed by atoms with Crippen LogP contribution in [0.2, 0.25) is 0 Å². The molecule has 3 aliphatic rings. The smallest absolute Gasteiger partial charge is 0.291 e. The van der Waals surface area contributed by atoms with Gasteiger partial charge in [0.1, 0.15) is 17.7 Å². The standard InChI is InChI=1S/C24H23F2N9O2S2/c25-19(26)22-30-31-23(38-22)35-17-10-15(39(36,37)32-24(12-27)5-6-24)3-4-16(17)18-20(28-13-29-21(18)35)34-9-8-33-7-1-2-14(33)11-34/h3-4,10,13-14,19,32H,1-2,5-9,11H2. The Labute approximate surface area is 226 Å². The lowest BCUT2D eigenvalue weighted by molar-refractivity contribution is 0.150. The van der Waals surface area contributed by atoms with Gasteiger partial charge in [-0.05, 0) is 44.4 Å². The lowest BCUT2D eigenvalue weighted by Crippen LogP contribution is -2.50. The van der Waals surface area contributed by atoms with Crippen LogP contribution in [0, 0.1) is 11.3 Å². The van der Waals surface area contributed by atoms with Crippen molar-refractivity contribution in [2.75, 3.05) is 31.1 Å². The highest BCUT2D eigenvalue weighted by molar-refractivity contribution is 7.89. The lowest BCUT2D eigenvalue weighted by Gasteiger charge is -2.38. The van der Waals surface area contributed by atoms with Gasteiger partial charge in [-0.3, -0.25) is 9.47 Å². The Balaban J connectivity index is 1.42. The van der Waals surface area contributed by atoms with E-state index >= 15 is 0 Å². The summed E-state index contributed by atoms with van der Waals surface area (Å²) >= 11 is 0.721. The third kappa shape index (κ3) is 4.05. The zero-order valence-corrected chi connectivity index (χ0v) is 22.2. The number of benzene rings is 1. The number of fused-ring (bicyclic) bond motifs is 4. The summed E-state index contributed by atoms with van der Waals surface area (Å²) in [5.41, 5.74) is -0.237. The van der Waals surface area contributed by atoms with Crippen molar-refractivity contribution in [3.05, 3.63) is 29.5 Å². The summed E-state index contributed by atoms with van der Waals surface area (Å²) in [6.07, 6.45) is 1.81. The molecular weight excluding hydrogens is 548 g/mol. The van der Waals surface area contributed by atoms with Crippen LogP contribution in [-0.4, -0.2) is 75.8 Å². The summed E-state index contributed by atoms with van der Waals surface area (Å²) in [5.74, 6) is 0.712. The monoisotopic (exact) mass is 571 g/mol. The molecule has 0 bridgehead atoms. The number of nitriles is 1. The first-order chi connectivity index (χ1) is 18.8. The van der Waals surface area contributed by atoms with Crippen LogP contribution in [0.25, 0.3) is 27.1 Å². The van der Waals surface area contributed by atoms with E-state index in [1.807, 2.05) is 6.07 Å². The molecule has 1 unspecified atom stereocenters. The fourth-order valence-corrected chi connectivity index (χ4v) is 7.78. The van der Waals surface area contributed by atoms with Gasteiger partial charge in [-0.2, -0.15) is 9.98 Å². The van der Waals surface area contributed by atoms with Crippen molar-refractivity contribution in [2.24, 2.45) is 0 Å². The molecule has 2 aliphatic heterocycles. The highest BCUT2D eigenvalue weighted by Gasteiger charge is 2.47. The lowest BCUT2D eigenvalue weighted by atomic mass is 10.1. The van der Waals surface area contributed by atoms with Crippen LogP contribution < -0.4 is 9.62 Å². The Morgan fingerprint density at radius 3 is 2.77 bits per heavy atom. The second-order valence-corrected chi connectivity index (χ2v) is 12.9. The molecule has 0 radical (unpaired) electrons. The molecule has 1 aliphatic carbocycles. The molecular formula is C24H23F2N9O2S2. The molecule has 202 valence electrons. The minimum Gasteiger partial charge on any atom is -0.353 e. The highest BCUT2D eigenvalue weighted by Crippen LogP contribution is 2.40. The minimum atomic E-state index is -4.03. The molecule has 3 aromatic heterocycles. The number of nitrogens with one attached hydrogen (secondary N) is 1. The molecule has 7 rings (SSSR count). The molecule has 0 spiro atoms. The third-order valence-electron chi connectivity index (χ3n) is 7.80. The highest BCUT2D eigenvalue weighted by atomic mass is 32.2. The van der Waals surface area contributed by atoms with E-state index in [2.05, 4.69) is 34.7 Å². The molecule has 1 aromatic carbocycles. The van der Waals surface area contributed by atoms with Gasteiger partial charge in [0.25, 0.3) is 6.43 Å². The van der Waals surface area contributed by atoms with Gasteiger partial charge in [-0.25, -0.2) is 27.2 Å². The maximum Gasteiger partial charge on any atom is 0.291 e. The Morgan fingerprint density at radius 1 is 1.18 bits per heavy atom. The van der Waals surface area contributed by atoms with E-state index in [0.717, 1.165) is 43.9 Å². The number of sulfonamides is 1. The first-order valence-corrected chi connectivity index (χ1v) is 14.9. The molecule has 0 amide bonds. The number of rotatable bonds is 6. The summed E-state index contributed by atoms with van der Waals surface area (Å²) in [7, 11) is -4.03. The molecule has 2 saturated heterocycles. The molecule has 1 atom stereocenters. The number of halogens is 2. The predicted molar refractivity (Wildman–Crippen MR) is 140 cm³/mol. The van der Waals surface area contributed by atoms with E-state index < -0.39 is 27.0 Å². The van der Waals surface area contributed by atoms with Crippen molar-refractivity contribution in [3.8, 4) is 11.2 Å². The summed E-state index contributed by atoms with van der Waals surface area (Å²) < 4.78 is 57.4. The molecule has 1 N–H and O–H groups in total. The van der Waals surface area contributed by atoms with Crippen LogP contribution in [0.1, 0.15) is 37.1 Å². The van der Waals surface area contributed by atoms with Gasteiger partial charge in [0.15, 0.2) is 10.7 Å². The van der Waals surface area contributed by atoms with Crippen molar-refractivity contribution in [1.82, 2.24) is 34.4 Å². The number of hydrogen-bond acceptors (Lipinski definition) is 10. The normalized spacial score (nSPS) is 21.1. The number of alkyl halides is 2. The van der Waals surface area contributed by atoms with Crippen molar-refractivity contribution in [1.29, 1.82) is 5.26 Å². The molecule has 4 aromatic rings. The van der Waals surface area contributed by atoms with Crippen LogP contribution >= 0.6 is 11.3 Å². The maximum absolute atomic E-state index is 13.4. The van der Waals surface area contributed by atoms with E-state index in [4.69, 9.17) is 0 Å². The molecule has 15 heteroatoms. The van der Waals surface area contributed by atoms with Crippen molar-refractivity contribution in [2.45, 2.75) is 48.6 Å². The van der Waals surface area contributed by atoms with Crippen LogP contribution in [0.4, 0.5) is 14.6 Å². The Bertz CT molecular complexity index is 1760. The third-order valence-corrected chi connectivity index (χ3v) is 10.2. The van der Waals surface area contributed by atoms with Gasteiger partial charge >= 0.3 is 0 Å². The van der Waals surface area contributed by atoms with Gasteiger partial charge < -0.3 is 4.90 Å². The van der Waals surface area contributed by atoms with Crippen molar-refractivity contribution < 1.29 is 17.2 Å². The second-order valence-electron chi connectivity index (χ2n) is 10.2. The van der Waals surface area contributed by atoms with Crippen molar-refractivity contribution >= 4 is 49.1 Å². The topological polar surface area (TPSA) is 133 Å². The first-order valence-electron chi connectivity index (χ1n) is 12.6. The second kappa shape index (κ2) is 8.85. The Kier molecular flexibility index (Phi) is 5.60. The average molecular weight is 572 g/mol. The van der Waals surface area contributed by atoms with E-state index in [-0.39, 0.29) is 10.0 Å². The largest absolute Gasteiger partial charge is 0.353 e. The van der Waals surface area contributed by atoms with Crippen LogP contribution in [0.3, 0.4) is 0 Å². The molecule has 3 fully saturated rings. The molecule has 1 saturated carbocycles. The van der Waals surface area contributed by atoms with Gasteiger partial charge in [0.2, 0.25) is 15.2 Å². The zero-order valence-electron chi connectivity index (χ0n) is 20.6. The first kappa shape index (κ1) is 24.7. The maximum atomic E-state index is 13.4. The van der Waals surface area contributed by atoms with E-state index in [9.17, 15) is 22.5 Å². The van der Waals surface area contributed by atoms with Crippen molar-refractivity contribution in [3.63, 3.8) is 0 Å². The summed E-state index contributed by atoms with van der Waals surface area (Å²) in [4.78, 5) is 13.8. The van der Waals surface area contributed by atoms with Crippen LogP contribution in [0.15, 0.2) is 29.4 Å². The number of nitrogens with zero attached hydrogens (tertiary/aromatic N) is 8. The average Bonchev–Trinajstić information content (AvgIpc) is 3.28. The van der Waals surface area contributed by atoms with Crippen LogP contribution in [0.5, 0.6) is 0 Å². The molecule has 11 nitrogen and oxygen atoms in total. The number of piperazine rings is 1. The SMILES string of the molecule is N#CC1(NS(=O)(=O)c2ccc3c4c(N5CCN6CCCC6C5)ncnc4n(-c4nnc(C(F)F)s4)c3c2)CC1. The fraction of sp³-hybridized carbons (Fsp3) is 0.458. The summed E-state index contributed by atoms with van der Waals surface area (Å²) in [6, 6.07) is 7.11. The molecule has 5 heterocycles.